The fraction of sp³-hybridized carbons (Fsp3) is 0.500. The Morgan fingerprint density at radius 2 is 1.70 bits per heavy atom. The largest absolute Gasteiger partial charge is 0.416 e. The van der Waals surface area contributed by atoms with E-state index >= 15 is 0 Å². The second-order valence-electron chi connectivity index (χ2n) is 5.26. The molecule has 1 aromatic rings. The zero-order valence-electron chi connectivity index (χ0n) is 11.9. The van der Waals surface area contributed by atoms with E-state index in [1.54, 1.807) is 0 Å². The first-order valence-corrected chi connectivity index (χ1v) is 6.47. The first kappa shape index (κ1) is 17.7. The first-order valence-electron chi connectivity index (χ1n) is 6.47. The van der Waals surface area contributed by atoms with Gasteiger partial charge in [-0.3, -0.25) is 4.79 Å². The summed E-state index contributed by atoms with van der Waals surface area (Å²) in [6, 6.07) is 0.258. The van der Waals surface area contributed by atoms with Crippen molar-refractivity contribution in [3.8, 4) is 0 Å². The molecule has 0 radical (unpaired) electrons. The van der Waals surface area contributed by atoms with Crippen molar-refractivity contribution in [2.24, 2.45) is 5.92 Å². The van der Waals surface area contributed by atoms with Gasteiger partial charge in [0.15, 0.2) is 5.78 Å². The van der Waals surface area contributed by atoms with Crippen LogP contribution in [0.5, 0.6) is 0 Å². The minimum Gasteiger partial charge on any atom is -0.388 e. The third-order valence-corrected chi connectivity index (χ3v) is 3.89. The number of aliphatic hydroxyl groups is 1. The molecule has 0 aliphatic heterocycles. The third-order valence-electron chi connectivity index (χ3n) is 3.89. The van der Waals surface area contributed by atoms with Crippen LogP contribution in [0, 0.1) is 5.92 Å². The summed E-state index contributed by atoms with van der Waals surface area (Å²) >= 11 is 0. The van der Waals surface area contributed by atoms with E-state index < -0.39 is 58.5 Å². The van der Waals surface area contributed by atoms with Crippen molar-refractivity contribution in [2.45, 2.75) is 31.5 Å². The lowest BCUT2D eigenvalue weighted by Crippen LogP contribution is -2.27. The van der Waals surface area contributed by atoms with Crippen LogP contribution in [0.1, 0.15) is 40.1 Å². The standard InChI is InChI=1S/C14H12F6O3/c1-5(23-2)9-11(21)7-3-6(13(15,16)17)4-8(14(18,19)20)10(7)12(9)22/h3-5,9,12,22H,1-2H3. The van der Waals surface area contributed by atoms with Gasteiger partial charge in [0.25, 0.3) is 0 Å². The smallest absolute Gasteiger partial charge is 0.388 e. The Bertz CT molecular complexity index is 635. The molecule has 1 aliphatic carbocycles. The molecule has 128 valence electrons. The van der Waals surface area contributed by atoms with Gasteiger partial charge in [-0.05, 0) is 19.1 Å². The number of ketones is 1. The predicted molar refractivity (Wildman–Crippen MR) is 65.7 cm³/mol. The van der Waals surface area contributed by atoms with E-state index in [2.05, 4.69) is 0 Å². The molecule has 0 amide bonds. The van der Waals surface area contributed by atoms with Crippen LogP contribution < -0.4 is 0 Å². The average molecular weight is 342 g/mol. The molecular formula is C14H12F6O3. The summed E-state index contributed by atoms with van der Waals surface area (Å²) in [5.41, 5.74) is -4.85. The highest BCUT2D eigenvalue weighted by molar-refractivity contribution is 6.04. The fourth-order valence-corrected chi connectivity index (χ4v) is 2.69. The van der Waals surface area contributed by atoms with Crippen molar-refractivity contribution >= 4 is 5.78 Å². The molecule has 1 aliphatic rings. The van der Waals surface area contributed by atoms with E-state index in [0.29, 0.717) is 6.07 Å². The number of carbonyl (C=O) groups excluding carboxylic acids is 1. The van der Waals surface area contributed by atoms with Crippen LogP contribution in [0.15, 0.2) is 12.1 Å². The predicted octanol–water partition coefficient (Wildman–Crippen LogP) is 3.61. The third kappa shape index (κ3) is 2.94. The Balaban J connectivity index is 2.73. The number of hydrogen-bond acceptors (Lipinski definition) is 3. The molecule has 0 spiro atoms. The van der Waals surface area contributed by atoms with E-state index in [9.17, 15) is 36.2 Å². The summed E-state index contributed by atoms with van der Waals surface area (Å²) in [4.78, 5) is 12.2. The van der Waals surface area contributed by atoms with Crippen LogP contribution >= 0.6 is 0 Å². The van der Waals surface area contributed by atoms with E-state index in [1.165, 1.54) is 14.0 Å². The lowest BCUT2D eigenvalue weighted by atomic mass is 9.95. The van der Waals surface area contributed by atoms with E-state index in [1.807, 2.05) is 0 Å². The van der Waals surface area contributed by atoms with Crippen LogP contribution in [-0.4, -0.2) is 24.1 Å². The lowest BCUT2D eigenvalue weighted by molar-refractivity contribution is -0.144. The fourth-order valence-electron chi connectivity index (χ4n) is 2.69. The van der Waals surface area contributed by atoms with Crippen LogP contribution in [0.3, 0.4) is 0 Å². The number of benzene rings is 1. The summed E-state index contributed by atoms with van der Waals surface area (Å²) in [5, 5.41) is 10.1. The first-order chi connectivity index (χ1) is 10.4. The minimum absolute atomic E-state index is 0.0881. The van der Waals surface area contributed by atoms with Gasteiger partial charge < -0.3 is 9.84 Å². The van der Waals surface area contributed by atoms with Gasteiger partial charge in [-0.25, -0.2) is 0 Å². The maximum absolute atomic E-state index is 13.1. The molecular weight excluding hydrogens is 330 g/mol. The number of alkyl halides is 6. The van der Waals surface area contributed by atoms with E-state index in [-0.39, 0.29) is 6.07 Å². The summed E-state index contributed by atoms with van der Waals surface area (Å²) in [7, 11) is 1.18. The van der Waals surface area contributed by atoms with Crippen LogP contribution in [0.4, 0.5) is 26.3 Å². The van der Waals surface area contributed by atoms with Gasteiger partial charge in [0.05, 0.1) is 29.3 Å². The Labute approximate surface area is 126 Å². The summed E-state index contributed by atoms with van der Waals surface area (Å²) in [6.07, 6.45) is -13.0. The monoisotopic (exact) mass is 342 g/mol. The molecule has 0 aromatic heterocycles. The molecule has 3 nitrogen and oxygen atoms in total. The zero-order chi connectivity index (χ0) is 17.7. The molecule has 1 aromatic carbocycles. The second kappa shape index (κ2) is 5.48. The molecule has 3 atom stereocenters. The molecule has 3 unspecified atom stereocenters. The van der Waals surface area contributed by atoms with Gasteiger partial charge >= 0.3 is 12.4 Å². The van der Waals surface area contributed by atoms with Crippen molar-refractivity contribution in [3.63, 3.8) is 0 Å². The van der Waals surface area contributed by atoms with Gasteiger partial charge in [0.1, 0.15) is 0 Å². The van der Waals surface area contributed by atoms with E-state index in [0.717, 1.165) is 0 Å². The number of methoxy groups -OCH3 is 1. The number of halogens is 6. The second-order valence-corrected chi connectivity index (χ2v) is 5.26. The summed E-state index contributed by atoms with van der Waals surface area (Å²) in [6.45, 7) is 1.34. The Morgan fingerprint density at radius 3 is 2.13 bits per heavy atom. The summed E-state index contributed by atoms with van der Waals surface area (Å²) < 4.78 is 82.6. The number of aliphatic hydroxyl groups excluding tert-OH is 1. The molecule has 0 fully saturated rings. The number of Topliss-reactive ketones (excluding diaryl/α,β-unsaturated/α-hetero) is 1. The maximum Gasteiger partial charge on any atom is 0.416 e. The maximum atomic E-state index is 13.1. The molecule has 0 saturated heterocycles. The topological polar surface area (TPSA) is 46.5 Å². The van der Waals surface area contributed by atoms with Crippen molar-refractivity contribution in [1.82, 2.24) is 0 Å². The van der Waals surface area contributed by atoms with Crippen molar-refractivity contribution in [1.29, 1.82) is 0 Å². The van der Waals surface area contributed by atoms with Crippen LogP contribution in [0.2, 0.25) is 0 Å². The van der Waals surface area contributed by atoms with Gasteiger partial charge in [-0.2, -0.15) is 26.3 Å². The Kier molecular flexibility index (Phi) is 4.23. The molecule has 1 N–H and O–H groups in total. The minimum atomic E-state index is -5.14. The number of rotatable bonds is 2. The zero-order valence-corrected chi connectivity index (χ0v) is 11.9. The molecule has 2 rings (SSSR count). The van der Waals surface area contributed by atoms with Crippen molar-refractivity contribution < 1.29 is 41.0 Å². The van der Waals surface area contributed by atoms with Crippen molar-refractivity contribution in [3.05, 3.63) is 34.4 Å². The van der Waals surface area contributed by atoms with Gasteiger partial charge in [0, 0.05) is 18.2 Å². The highest BCUT2D eigenvalue weighted by Crippen LogP contribution is 2.47. The number of hydrogen-bond donors (Lipinski definition) is 1. The molecule has 0 heterocycles. The SMILES string of the molecule is COC(C)C1C(=O)c2cc(C(F)(F)F)cc(C(F)(F)F)c2C1O. The quantitative estimate of drug-likeness (QED) is 0.836. The highest BCUT2D eigenvalue weighted by Gasteiger charge is 2.49. The van der Waals surface area contributed by atoms with E-state index in [4.69, 9.17) is 4.74 Å². The number of carbonyl (C=O) groups is 1. The number of ether oxygens (including phenoxy) is 1. The summed E-state index contributed by atoms with van der Waals surface area (Å²) in [5.74, 6) is -2.39. The van der Waals surface area contributed by atoms with Crippen LogP contribution in [0.25, 0.3) is 0 Å². The lowest BCUT2D eigenvalue weighted by Gasteiger charge is -2.21. The van der Waals surface area contributed by atoms with Gasteiger partial charge in [0.2, 0.25) is 0 Å². The molecule has 9 heteroatoms. The average Bonchev–Trinajstić information content (AvgIpc) is 2.67. The van der Waals surface area contributed by atoms with Crippen LogP contribution in [-0.2, 0) is 17.1 Å². The van der Waals surface area contributed by atoms with Gasteiger partial charge in [-0.1, -0.05) is 0 Å². The molecule has 0 saturated carbocycles. The Morgan fingerprint density at radius 1 is 1.13 bits per heavy atom. The normalized spacial score (nSPS) is 23.1. The molecule has 0 bridgehead atoms. The van der Waals surface area contributed by atoms with Crippen molar-refractivity contribution in [2.75, 3.05) is 7.11 Å². The Hall–Kier alpha value is -1.61. The number of fused-ring (bicyclic) bond motifs is 1. The molecule has 23 heavy (non-hydrogen) atoms. The highest BCUT2D eigenvalue weighted by atomic mass is 19.4. The van der Waals surface area contributed by atoms with Gasteiger partial charge in [-0.15, -0.1) is 0 Å².